The van der Waals surface area contributed by atoms with E-state index in [1.165, 1.54) is 12.1 Å². The van der Waals surface area contributed by atoms with Crippen molar-refractivity contribution in [1.29, 1.82) is 0 Å². The first kappa shape index (κ1) is 14.2. The van der Waals surface area contributed by atoms with Gasteiger partial charge in [-0.1, -0.05) is 11.2 Å². The average Bonchev–Trinajstić information content (AvgIpc) is 3.08. The van der Waals surface area contributed by atoms with E-state index >= 15 is 0 Å². The lowest BCUT2D eigenvalue weighted by Crippen LogP contribution is -2.15. The molecule has 3 rings (SSSR count). The lowest BCUT2D eigenvalue weighted by molar-refractivity contribution is 0.101. The molecule has 21 heavy (non-hydrogen) atoms. The van der Waals surface area contributed by atoms with Crippen molar-refractivity contribution >= 4 is 27.9 Å². The molecule has 0 radical (unpaired) electrons. The van der Waals surface area contributed by atoms with Crippen LogP contribution in [0.1, 0.15) is 35.1 Å². The van der Waals surface area contributed by atoms with Crippen molar-refractivity contribution in [3.63, 3.8) is 0 Å². The summed E-state index contributed by atoms with van der Waals surface area (Å²) in [6, 6.07) is 4.27. The molecule has 0 spiro atoms. The minimum Gasteiger partial charge on any atom is -0.406 e. The number of benzene rings is 1. The number of halogens is 2. The summed E-state index contributed by atoms with van der Waals surface area (Å²) in [6.45, 7) is 0.900. The third-order valence-electron chi connectivity index (χ3n) is 3.21. The quantitative estimate of drug-likeness (QED) is 0.885. The molecule has 6 nitrogen and oxygen atoms in total. The minimum absolute atomic E-state index is 0.0170. The molecule has 1 aliphatic heterocycles. The van der Waals surface area contributed by atoms with Crippen molar-refractivity contribution in [2.45, 2.75) is 18.9 Å². The molecular formula is C13H12BrFN4O2. The fourth-order valence-electron chi connectivity index (χ4n) is 2.20. The lowest BCUT2D eigenvalue weighted by Gasteiger charge is -2.05. The maximum absolute atomic E-state index is 13.7. The Kier molecular flexibility index (Phi) is 3.98. The maximum atomic E-state index is 13.7. The molecule has 0 aliphatic carbocycles. The van der Waals surface area contributed by atoms with Crippen molar-refractivity contribution in [3.8, 4) is 0 Å². The molecule has 1 aromatic heterocycles. The average molecular weight is 355 g/mol. The van der Waals surface area contributed by atoms with Gasteiger partial charge in [0.15, 0.2) is 0 Å². The summed E-state index contributed by atoms with van der Waals surface area (Å²) in [5, 5.41) is 13.3. The lowest BCUT2D eigenvalue weighted by atomic mass is 10.2. The Hall–Kier alpha value is -1.80. The molecular weight excluding hydrogens is 343 g/mol. The van der Waals surface area contributed by atoms with Crippen molar-refractivity contribution < 1.29 is 13.6 Å². The number of carbonyl (C=O) groups excluding carboxylic acids is 1. The summed E-state index contributed by atoms with van der Waals surface area (Å²) in [7, 11) is 0. The van der Waals surface area contributed by atoms with E-state index < -0.39 is 11.7 Å². The van der Waals surface area contributed by atoms with Crippen LogP contribution in [0.4, 0.5) is 10.4 Å². The number of nitrogens with zero attached hydrogens (tertiary/aromatic N) is 2. The second-order valence-electron chi connectivity index (χ2n) is 4.65. The number of rotatable bonds is 3. The Labute approximate surface area is 128 Å². The summed E-state index contributed by atoms with van der Waals surface area (Å²) >= 11 is 3.14. The number of amides is 1. The molecule has 110 valence electrons. The van der Waals surface area contributed by atoms with Gasteiger partial charge in [0.1, 0.15) is 5.82 Å². The van der Waals surface area contributed by atoms with Crippen LogP contribution in [-0.4, -0.2) is 22.6 Å². The van der Waals surface area contributed by atoms with Gasteiger partial charge in [0.2, 0.25) is 5.89 Å². The topological polar surface area (TPSA) is 80.0 Å². The summed E-state index contributed by atoms with van der Waals surface area (Å²) < 4.78 is 19.4. The summed E-state index contributed by atoms with van der Waals surface area (Å²) in [5.74, 6) is -0.843. The van der Waals surface area contributed by atoms with Crippen LogP contribution in [-0.2, 0) is 0 Å². The predicted molar refractivity (Wildman–Crippen MR) is 76.3 cm³/mol. The zero-order chi connectivity index (χ0) is 14.8. The molecule has 0 saturated carbocycles. The maximum Gasteiger partial charge on any atom is 0.322 e. The number of aromatic nitrogens is 2. The van der Waals surface area contributed by atoms with Gasteiger partial charge in [-0.05, 0) is 47.4 Å². The highest BCUT2D eigenvalue weighted by atomic mass is 79.9. The third-order valence-corrected chi connectivity index (χ3v) is 3.87. The van der Waals surface area contributed by atoms with Gasteiger partial charge < -0.3 is 9.73 Å². The number of hydrogen-bond donors (Lipinski definition) is 2. The van der Waals surface area contributed by atoms with Crippen LogP contribution in [0.3, 0.4) is 0 Å². The summed E-state index contributed by atoms with van der Waals surface area (Å²) in [5.41, 5.74) is -0.101. The molecule has 1 saturated heterocycles. The van der Waals surface area contributed by atoms with Gasteiger partial charge in [-0.25, -0.2) is 4.39 Å². The molecule has 2 N–H and O–H groups in total. The van der Waals surface area contributed by atoms with Gasteiger partial charge in [0.25, 0.3) is 5.91 Å². The molecule has 1 fully saturated rings. The number of nitrogens with one attached hydrogen (secondary N) is 2. The van der Waals surface area contributed by atoms with E-state index in [9.17, 15) is 9.18 Å². The third kappa shape index (κ3) is 2.96. The van der Waals surface area contributed by atoms with Crippen LogP contribution in [0.2, 0.25) is 0 Å². The van der Waals surface area contributed by atoms with E-state index in [0.717, 1.165) is 19.4 Å². The van der Waals surface area contributed by atoms with Crippen LogP contribution in [0.15, 0.2) is 27.1 Å². The fraction of sp³-hybridized carbons (Fsp3) is 0.308. The van der Waals surface area contributed by atoms with Crippen LogP contribution in [0.5, 0.6) is 0 Å². The van der Waals surface area contributed by atoms with Crippen molar-refractivity contribution in [2.24, 2.45) is 0 Å². The Morgan fingerprint density at radius 2 is 2.33 bits per heavy atom. The first-order valence-electron chi connectivity index (χ1n) is 6.47. The number of anilines is 1. The zero-order valence-electron chi connectivity index (χ0n) is 10.9. The molecule has 2 heterocycles. The van der Waals surface area contributed by atoms with Gasteiger partial charge in [-0.3, -0.25) is 10.1 Å². The Morgan fingerprint density at radius 1 is 1.48 bits per heavy atom. The normalized spacial score (nSPS) is 17.9. The van der Waals surface area contributed by atoms with E-state index in [1.807, 2.05) is 0 Å². The highest BCUT2D eigenvalue weighted by Crippen LogP contribution is 2.24. The highest BCUT2D eigenvalue weighted by Gasteiger charge is 2.23. The SMILES string of the molecule is O=C(Nc1nnc(C2CCCN2)o1)c1c(F)cccc1Br. The van der Waals surface area contributed by atoms with Gasteiger partial charge in [-0.2, -0.15) is 0 Å². The van der Waals surface area contributed by atoms with E-state index in [2.05, 4.69) is 36.8 Å². The monoisotopic (exact) mass is 354 g/mol. The Balaban J connectivity index is 1.76. The molecule has 8 heteroatoms. The molecule has 1 aliphatic rings. The molecule has 1 unspecified atom stereocenters. The van der Waals surface area contributed by atoms with Crippen LogP contribution < -0.4 is 10.6 Å². The van der Waals surface area contributed by atoms with E-state index in [0.29, 0.717) is 10.4 Å². The molecule has 1 atom stereocenters. The van der Waals surface area contributed by atoms with Crippen LogP contribution in [0.25, 0.3) is 0 Å². The Bertz CT molecular complexity index is 650. The van der Waals surface area contributed by atoms with Crippen LogP contribution in [0, 0.1) is 5.82 Å². The predicted octanol–water partition coefficient (Wildman–Crippen LogP) is 2.65. The summed E-state index contributed by atoms with van der Waals surface area (Å²) in [4.78, 5) is 12.1. The summed E-state index contributed by atoms with van der Waals surface area (Å²) in [6.07, 6.45) is 1.95. The van der Waals surface area contributed by atoms with E-state index in [4.69, 9.17) is 4.42 Å². The highest BCUT2D eigenvalue weighted by molar-refractivity contribution is 9.10. The first-order valence-corrected chi connectivity index (χ1v) is 7.26. The smallest absolute Gasteiger partial charge is 0.322 e. The second-order valence-corrected chi connectivity index (χ2v) is 5.50. The second kappa shape index (κ2) is 5.90. The van der Waals surface area contributed by atoms with Crippen molar-refractivity contribution in [3.05, 3.63) is 39.9 Å². The minimum atomic E-state index is -0.644. The molecule has 0 bridgehead atoms. The number of hydrogen-bond acceptors (Lipinski definition) is 5. The van der Waals surface area contributed by atoms with Gasteiger partial charge in [0, 0.05) is 4.47 Å². The number of carbonyl (C=O) groups is 1. The molecule has 2 aromatic rings. The first-order chi connectivity index (χ1) is 10.1. The molecule has 1 amide bonds. The van der Waals surface area contributed by atoms with Gasteiger partial charge in [0.05, 0.1) is 11.6 Å². The standard InChI is InChI=1S/C13H12BrFN4O2/c14-7-3-1-4-8(15)10(7)11(20)17-13-19-18-12(21-13)9-5-2-6-16-9/h1,3-4,9,16H,2,5-6H2,(H,17,19,20). The largest absolute Gasteiger partial charge is 0.406 e. The van der Waals surface area contributed by atoms with E-state index in [1.54, 1.807) is 6.07 Å². The van der Waals surface area contributed by atoms with Crippen molar-refractivity contribution in [1.82, 2.24) is 15.5 Å². The van der Waals surface area contributed by atoms with Gasteiger partial charge in [-0.15, -0.1) is 5.10 Å². The van der Waals surface area contributed by atoms with Crippen LogP contribution >= 0.6 is 15.9 Å². The molecule has 1 aromatic carbocycles. The van der Waals surface area contributed by atoms with Gasteiger partial charge >= 0.3 is 6.01 Å². The fourth-order valence-corrected chi connectivity index (χ4v) is 2.72. The van der Waals surface area contributed by atoms with Crippen molar-refractivity contribution in [2.75, 3.05) is 11.9 Å². The zero-order valence-corrected chi connectivity index (χ0v) is 12.5. The Morgan fingerprint density at radius 3 is 3.05 bits per heavy atom. The van der Waals surface area contributed by atoms with E-state index in [-0.39, 0.29) is 17.6 Å².